The summed E-state index contributed by atoms with van der Waals surface area (Å²) in [6, 6.07) is 10.2. The number of alkyl halides is 1. The second-order valence-electron chi connectivity index (χ2n) is 2.78. The van der Waals surface area contributed by atoms with Gasteiger partial charge in [-0.1, -0.05) is 53.2 Å². The van der Waals surface area contributed by atoms with Crippen molar-refractivity contribution in [2.45, 2.75) is 18.4 Å². The minimum Gasteiger partial charge on any atom is -0.376 e. The van der Waals surface area contributed by atoms with Crippen LogP contribution in [0.2, 0.25) is 0 Å². The summed E-state index contributed by atoms with van der Waals surface area (Å²) >= 11 is 3.42. The smallest absolute Gasteiger partial charge is 0.0717 e. The molecule has 0 aliphatic heterocycles. The molecule has 1 aromatic carbocycles. The zero-order valence-electron chi connectivity index (χ0n) is 7.16. The Kier molecular flexibility index (Phi) is 4.33. The molecule has 0 radical (unpaired) electrons. The van der Waals surface area contributed by atoms with E-state index in [0.717, 1.165) is 6.61 Å². The lowest BCUT2D eigenvalue weighted by molar-refractivity contribution is 0.125. The van der Waals surface area contributed by atoms with Crippen LogP contribution in [0.4, 0.5) is 0 Å². The zero-order valence-corrected chi connectivity index (χ0v) is 8.75. The topological polar surface area (TPSA) is 9.23 Å². The van der Waals surface area contributed by atoms with E-state index in [0.29, 0.717) is 11.4 Å². The van der Waals surface area contributed by atoms with Gasteiger partial charge in [-0.05, 0) is 5.56 Å². The molecule has 0 aromatic heterocycles. The van der Waals surface area contributed by atoms with Crippen LogP contribution >= 0.6 is 15.9 Å². The quantitative estimate of drug-likeness (QED) is 0.721. The standard InChI is InChI=1S/C10H13BrO/c1-9(11)7-12-8-10-5-3-2-4-6-10/h2-6,9H,7-8H2,1H3. The highest BCUT2D eigenvalue weighted by molar-refractivity contribution is 9.09. The molecule has 12 heavy (non-hydrogen) atoms. The van der Waals surface area contributed by atoms with Gasteiger partial charge in [0, 0.05) is 4.83 Å². The summed E-state index contributed by atoms with van der Waals surface area (Å²) in [5.41, 5.74) is 1.23. The Hall–Kier alpha value is -0.340. The molecule has 0 heterocycles. The summed E-state index contributed by atoms with van der Waals surface area (Å²) in [4.78, 5) is 0.432. The molecule has 0 N–H and O–H groups in total. The number of rotatable bonds is 4. The molecular weight excluding hydrogens is 216 g/mol. The molecular formula is C10H13BrO. The molecule has 1 nitrogen and oxygen atoms in total. The highest BCUT2D eigenvalue weighted by atomic mass is 79.9. The van der Waals surface area contributed by atoms with Crippen molar-refractivity contribution in [3.63, 3.8) is 0 Å². The van der Waals surface area contributed by atoms with E-state index in [1.54, 1.807) is 0 Å². The first-order chi connectivity index (χ1) is 5.79. The third-order valence-corrected chi connectivity index (χ3v) is 1.72. The Morgan fingerprint density at radius 2 is 2.00 bits per heavy atom. The fourth-order valence-electron chi connectivity index (χ4n) is 0.913. The molecule has 0 saturated carbocycles. The maximum absolute atomic E-state index is 5.43. The number of ether oxygens (including phenoxy) is 1. The summed E-state index contributed by atoms with van der Waals surface area (Å²) in [5.74, 6) is 0. The normalized spacial score (nSPS) is 12.8. The summed E-state index contributed by atoms with van der Waals surface area (Å²) in [6.07, 6.45) is 0. The predicted molar refractivity (Wildman–Crippen MR) is 54.5 cm³/mol. The third-order valence-electron chi connectivity index (χ3n) is 1.46. The lowest BCUT2D eigenvalue weighted by Crippen LogP contribution is -2.03. The Bertz CT molecular complexity index is 208. The van der Waals surface area contributed by atoms with Crippen LogP contribution in [0, 0.1) is 0 Å². The van der Waals surface area contributed by atoms with Crippen LogP contribution in [0.1, 0.15) is 12.5 Å². The molecule has 0 saturated heterocycles. The van der Waals surface area contributed by atoms with E-state index in [-0.39, 0.29) is 0 Å². The van der Waals surface area contributed by atoms with Crippen molar-refractivity contribution in [3.05, 3.63) is 35.9 Å². The fraction of sp³-hybridized carbons (Fsp3) is 0.400. The molecule has 0 bridgehead atoms. The SMILES string of the molecule is CC(Br)COCc1ccccc1. The van der Waals surface area contributed by atoms with Gasteiger partial charge in [-0.25, -0.2) is 0 Å². The van der Waals surface area contributed by atoms with Gasteiger partial charge in [-0.3, -0.25) is 0 Å². The van der Waals surface area contributed by atoms with Crippen LogP contribution in [-0.2, 0) is 11.3 Å². The summed E-state index contributed by atoms with van der Waals surface area (Å²) in [6.45, 7) is 3.54. The van der Waals surface area contributed by atoms with E-state index in [1.165, 1.54) is 5.56 Å². The molecule has 0 amide bonds. The van der Waals surface area contributed by atoms with Crippen LogP contribution in [0.3, 0.4) is 0 Å². The van der Waals surface area contributed by atoms with Gasteiger partial charge in [0.15, 0.2) is 0 Å². The number of halogens is 1. The van der Waals surface area contributed by atoms with Crippen LogP contribution in [-0.4, -0.2) is 11.4 Å². The van der Waals surface area contributed by atoms with E-state index in [9.17, 15) is 0 Å². The molecule has 0 spiro atoms. The summed E-state index contributed by atoms with van der Waals surface area (Å²) in [7, 11) is 0. The number of hydrogen-bond donors (Lipinski definition) is 0. The third kappa shape index (κ3) is 3.88. The Morgan fingerprint density at radius 3 is 2.58 bits per heavy atom. The minimum atomic E-state index is 0.432. The van der Waals surface area contributed by atoms with E-state index in [2.05, 4.69) is 35.0 Å². The first-order valence-electron chi connectivity index (χ1n) is 4.05. The Labute approximate surface area is 81.9 Å². The maximum Gasteiger partial charge on any atom is 0.0717 e. The molecule has 66 valence electrons. The monoisotopic (exact) mass is 228 g/mol. The second kappa shape index (κ2) is 5.33. The Morgan fingerprint density at radius 1 is 1.33 bits per heavy atom. The summed E-state index contributed by atoms with van der Waals surface area (Å²) < 4.78 is 5.43. The van der Waals surface area contributed by atoms with E-state index < -0.39 is 0 Å². The molecule has 1 atom stereocenters. The van der Waals surface area contributed by atoms with Gasteiger partial charge in [-0.15, -0.1) is 0 Å². The summed E-state index contributed by atoms with van der Waals surface area (Å²) in [5, 5.41) is 0. The average Bonchev–Trinajstić information content (AvgIpc) is 2.05. The molecule has 1 unspecified atom stereocenters. The van der Waals surface area contributed by atoms with Gasteiger partial charge in [0.1, 0.15) is 0 Å². The first kappa shape index (κ1) is 9.75. The van der Waals surface area contributed by atoms with Gasteiger partial charge in [0.05, 0.1) is 13.2 Å². The highest BCUT2D eigenvalue weighted by Gasteiger charge is 1.95. The molecule has 1 aromatic rings. The van der Waals surface area contributed by atoms with Crippen molar-refractivity contribution in [1.29, 1.82) is 0 Å². The van der Waals surface area contributed by atoms with Gasteiger partial charge in [-0.2, -0.15) is 0 Å². The highest BCUT2D eigenvalue weighted by Crippen LogP contribution is 2.03. The molecule has 0 aliphatic rings. The molecule has 0 fully saturated rings. The molecule has 1 rings (SSSR count). The largest absolute Gasteiger partial charge is 0.376 e. The predicted octanol–water partition coefficient (Wildman–Crippen LogP) is 2.99. The second-order valence-corrected chi connectivity index (χ2v) is 4.34. The van der Waals surface area contributed by atoms with Crippen molar-refractivity contribution >= 4 is 15.9 Å². The van der Waals surface area contributed by atoms with Crippen LogP contribution in [0.15, 0.2) is 30.3 Å². The van der Waals surface area contributed by atoms with Crippen LogP contribution < -0.4 is 0 Å². The minimum absolute atomic E-state index is 0.432. The molecule has 2 heteroatoms. The average molecular weight is 229 g/mol. The van der Waals surface area contributed by atoms with Crippen molar-refractivity contribution in [3.8, 4) is 0 Å². The number of benzene rings is 1. The van der Waals surface area contributed by atoms with Crippen LogP contribution in [0.25, 0.3) is 0 Å². The Balaban J connectivity index is 2.25. The van der Waals surface area contributed by atoms with Gasteiger partial charge in [0.2, 0.25) is 0 Å². The van der Waals surface area contributed by atoms with Gasteiger partial charge < -0.3 is 4.74 Å². The van der Waals surface area contributed by atoms with Crippen molar-refractivity contribution < 1.29 is 4.74 Å². The molecule has 0 aliphatic carbocycles. The van der Waals surface area contributed by atoms with Crippen molar-refractivity contribution in [1.82, 2.24) is 0 Å². The van der Waals surface area contributed by atoms with Crippen molar-refractivity contribution in [2.75, 3.05) is 6.61 Å². The van der Waals surface area contributed by atoms with E-state index in [4.69, 9.17) is 4.74 Å². The van der Waals surface area contributed by atoms with Crippen molar-refractivity contribution in [2.24, 2.45) is 0 Å². The van der Waals surface area contributed by atoms with Crippen LogP contribution in [0.5, 0.6) is 0 Å². The van der Waals surface area contributed by atoms with Gasteiger partial charge >= 0.3 is 0 Å². The van der Waals surface area contributed by atoms with E-state index >= 15 is 0 Å². The fourth-order valence-corrected chi connectivity index (χ4v) is 1.10. The van der Waals surface area contributed by atoms with E-state index in [1.807, 2.05) is 18.2 Å². The maximum atomic E-state index is 5.43. The zero-order chi connectivity index (χ0) is 8.81. The lowest BCUT2D eigenvalue weighted by Gasteiger charge is -2.04. The first-order valence-corrected chi connectivity index (χ1v) is 4.96. The number of hydrogen-bond acceptors (Lipinski definition) is 1. The van der Waals surface area contributed by atoms with Gasteiger partial charge in [0.25, 0.3) is 0 Å². The lowest BCUT2D eigenvalue weighted by atomic mass is 10.2.